The van der Waals surface area contributed by atoms with Gasteiger partial charge in [-0.25, -0.2) is 0 Å². The number of fused-ring (bicyclic) bond motifs is 2. The van der Waals surface area contributed by atoms with Crippen LogP contribution in [0.25, 0.3) is 10.9 Å². The Morgan fingerprint density at radius 3 is 2.52 bits per heavy atom. The fourth-order valence-electron chi connectivity index (χ4n) is 4.10. The molecular weight excluding hydrogens is 360 g/mol. The Kier molecular flexibility index (Phi) is 4.06. The van der Waals surface area contributed by atoms with Crippen LogP contribution in [0.4, 0.5) is 5.69 Å². The van der Waals surface area contributed by atoms with E-state index >= 15 is 0 Å². The van der Waals surface area contributed by atoms with E-state index in [-0.39, 0.29) is 5.78 Å². The fourth-order valence-corrected chi connectivity index (χ4v) is 4.10. The van der Waals surface area contributed by atoms with Gasteiger partial charge < -0.3 is 10.1 Å². The van der Waals surface area contributed by atoms with E-state index in [1.165, 1.54) is 0 Å². The third-order valence-electron chi connectivity index (χ3n) is 5.57. The molecule has 0 spiro atoms. The van der Waals surface area contributed by atoms with Crippen molar-refractivity contribution in [1.29, 1.82) is 0 Å². The van der Waals surface area contributed by atoms with Crippen LogP contribution < -0.4 is 10.1 Å². The Bertz CT molecular complexity index is 1220. The van der Waals surface area contributed by atoms with E-state index in [2.05, 4.69) is 5.32 Å². The second-order valence-electron chi connectivity index (χ2n) is 7.31. The van der Waals surface area contributed by atoms with Crippen molar-refractivity contribution >= 4 is 22.4 Å². The summed E-state index contributed by atoms with van der Waals surface area (Å²) in [6, 6.07) is 27.4. The molecule has 29 heavy (non-hydrogen) atoms. The Hall–Kier alpha value is -3.66. The number of pyridine rings is 1. The normalized spacial score (nSPS) is 17.8. The highest BCUT2D eigenvalue weighted by atomic mass is 16.5. The highest BCUT2D eigenvalue weighted by molar-refractivity contribution is 6.13. The van der Waals surface area contributed by atoms with Crippen molar-refractivity contribution < 1.29 is 9.53 Å². The number of benzene rings is 3. The summed E-state index contributed by atoms with van der Waals surface area (Å²) < 4.78 is 5.30. The van der Waals surface area contributed by atoms with Crippen LogP contribution in [0.15, 0.2) is 84.9 Å². The van der Waals surface area contributed by atoms with Gasteiger partial charge in [0.25, 0.3) is 0 Å². The van der Waals surface area contributed by atoms with Crippen molar-refractivity contribution in [2.45, 2.75) is 12.0 Å². The quantitative estimate of drug-likeness (QED) is 0.542. The van der Waals surface area contributed by atoms with Crippen LogP contribution >= 0.6 is 0 Å². The average Bonchev–Trinajstić information content (AvgIpc) is 3.06. The standard InChI is InChI=1S/C25H20N2O2/c1-29-20-13-14-22-17(15-20)11-12-19(26-22)16-25(18-7-3-2-4-8-18)24(28)21-9-5-6-10-23(21)27-25/h2-15,27H,16H2,1H3. The van der Waals surface area contributed by atoms with E-state index in [4.69, 9.17) is 9.72 Å². The SMILES string of the molecule is COc1ccc2nc(CC3(c4ccccc4)Nc4ccccc4C3=O)ccc2c1. The molecule has 0 saturated heterocycles. The van der Waals surface area contributed by atoms with Crippen molar-refractivity contribution in [3.63, 3.8) is 0 Å². The first-order valence-electron chi connectivity index (χ1n) is 9.61. The number of hydrogen-bond acceptors (Lipinski definition) is 4. The Morgan fingerprint density at radius 2 is 1.72 bits per heavy atom. The molecule has 3 aromatic carbocycles. The maximum atomic E-state index is 13.6. The molecule has 5 rings (SSSR count). The molecule has 1 atom stereocenters. The number of rotatable bonds is 4. The molecule has 1 N–H and O–H groups in total. The van der Waals surface area contributed by atoms with Crippen LogP contribution in [0, 0.1) is 0 Å². The summed E-state index contributed by atoms with van der Waals surface area (Å²) >= 11 is 0. The summed E-state index contributed by atoms with van der Waals surface area (Å²) in [7, 11) is 1.65. The number of ether oxygens (including phenoxy) is 1. The number of methoxy groups -OCH3 is 1. The predicted octanol–water partition coefficient (Wildman–Crippen LogP) is 4.99. The van der Waals surface area contributed by atoms with E-state index in [0.29, 0.717) is 6.42 Å². The molecule has 4 nitrogen and oxygen atoms in total. The van der Waals surface area contributed by atoms with Gasteiger partial charge in [-0.1, -0.05) is 48.5 Å². The minimum absolute atomic E-state index is 0.0796. The molecule has 1 unspecified atom stereocenters. The van der Waals surface area contributed by atoms with Gasteiger partial charge in [-0.3, -0.25) is 9.78 Å². The van der Waals surface area contributed by atoms with E-state index in [1.54, 1.807) is 7.11 Å². The van der Waals surface area contributed by atoms with Gasteiger partial charge in [0, 0.05) is 28.8 Å². The number of nitrogens with zero attached hydrogens (tertiary/aromatic N) is 1. The molecule has 0 radical (unpaired) electrons. The number of para-hydroxylation sites is 1. The second kappa shape index (κ2) is 6.74. The van der Waals surface area contributed by atoms with Gasteiger partial charge in [0.05, 0.1) is 12.6 Å². The first kappa shape index (κ1) is 17.4. The molecule has 0 saturated carbocycles. The molecule has 1 aliphatic heterocycles. The fraction of sp³-hybridized carbons (Fsp3) is 0.120. The molecule has 0 fully saturated rings. The van der Waals surface area contributed by atoms with Crippen LogP contribution in [0.3, 0.4) is 0 Å². The number of hydrogen-bond donors (Lipinski definition) is 1. The van der Waals surface area contributed by atoms with Gasteiger partial charge in [0.15, 0.2) is 5.78 Å². The topological polar surface area (TPSA) is 51.2 Å². The molecule has 4 aromatic rings. The smallest absolute Gasteiger partial charge is 0.195 e. The van der Waals surface area contributed by atoms with E-state index in [1.807, 2.05) is 84.9 Å². The van der Waals surface area contributed by atoms with Crippen LogP contribution in [-0.4, -0.2) is 17.9 Å². The first-order valence-corrected chi connectivity index (χ1v) is 9.61. The summed E-state index contributed by atoms with van der Waals surface area (Å²) in [5.74, 6) is 0.881. The lowest BCUT2D eigenvalue weighted by molar-refractivity contribution is 0.0916. The lowest BCUT2D eigenvalue weighted by atomic mass is 9.81. The molecule has 2 heterocycles. The Labute approximate surface area is 169 Å². The maximum Gasteiger partial charge on any atom is 0.195 e. The van der Waals surface area contributed by atoms with Gasteiger partial charge in [-0.2, -0.15) is 0 Å². The van der Waals surface area contributed by atoms with Gasteiger partial charge in [-0.05, 0) is 42.0 Å². The molecule has 0 aliphatic carbocycles. The van der Waals surface area contributed by atoms with E-state index < -0.39 is 5.54 Å². The minimum atomic E-state index is -0.863. The number of carbonyl (C=O) groups is 1. The van der Waals surface area contributed by atoms with Crippen LogP contribution in [0.2, 0.25) is 0 Å². The molecular formula is C25H20N2O2. The summed E-state index contributed by atoms with van der Waals surface area (Å²) in [5, 5.41) is 4.53. The van der Waals surface area contributed by atoms with Crippen molar-refractivity contribution in [3.8, 4) is 5.75 Å². The zero-order chi connectivity index (χ0) is 19.8. The lowest BCUT2D eigenvalue weighted by Crippen LogP contribution is -2.41. The van der Waals surface area contributed by atoms with Gasteiger partial charge in [0.2, 0.25) is 0 Å². The zero-order valence-corrected chi connectivity index (χ0v) is 16.1. The summed E-state index contributed by atoms with van der Waals surface area (Å²) in [5.41, 5.74) is 3.42. The van der Waals surface area contributed by atoms with Crippen LogP contribution in [0.5, 0.6) is 5.75 Å². The first-order chi connectivity index (χ1) is 14.2. The Morgan fingerprint density at radius 1 is 0.931 bits per heavy atom. The van der Waals surface area contributed by atoms with Crippen molar-refractivity contribution in [3.05, 3.63) is 102 Å². The van der Waals surface area contributed by atoms with Gasteiger partial charge in [-0.15, -0.1) is 0 Å². The minimum Gasteiger partial charge on any atom is -0.497 e. The highest BCUT2D eigenvalue weighted by Gasteiger charge is 2.46. The van der Waals surface area contributed by atoms with E-state index in [0.717, 1.165) is 39.2 Å². The second-order valence-corrected chi connectivity index (χ2v) is 7.31. The number of Topliss-reactive ketones (excluding diaryl/α,β-unsaturated/α-hetero) is 1. The molecule has 4 heteroatoms. The summed E-state index contributed by atoms with van der Waals surface area (Å²) in [6.45, 7) is 0. The monoisotopic (exact) mass is 380 g/mol. The number of nitrogens with one attached hydrogen (secondary N) is 1. The molecule has 0 bridgehead atoms. The van der Waals surface area contributed by atoms with Crippen molar-refractivity contribution in [1.82, 2.24) is 4.98 Å². The van der Waals surface area contributed by atoms with Crippen LogP contribution in [0.1, 0.15) is 21.6 Å². The number of aromatic nitrogens is 1. The van der Waals surface area contributed by atoms with Crippen molar-refractivity contribution in [2.24, 2.45) is 0 Å². The third kappa shape index (κ3) is 2.85. The summed E-state index contributed by atoms with van der Waals surface area (Å²) in [6.07, 6.45) is 0.465. The molecule has 142 valence electrons. The van der Waals surface area contributed by atoms with Gasteiger partial charge >= 0.3 is 0 Å². The molecule has 1 aliphatic rings. The number of carbonyl (C=O) groups excluding carboxylic acids is 1. The molecule has 1 aromatic heterocycles. The lowest BCUT2D eigenvalue weighted by Gasteiger charge is -2.29. The van der Waals surface area contributed by atoms with Gasteiger partial charge in [0.1, 0.15) is 11.3 Å². The predicted molar refractivity (Wildman–Crippen MR) is 115 cm³/mol. The third-order valence-corrected chi connectivity index (χ3v) is 5.57. The molecule has 0 amide bonds. The van der Waals surface area contributed by atoms with Crippen molar-refractivity contribution in [2.75, 3.05) is 12.4 Å². The largest absolute Gasteiger partial charge is 0.497 e. The summed E-state index contributed by atoms with van der Waals surface area (Å²) in [4.78, 5) is 18.4. The highest BCUT2D eigenvalue weighted by Crippen LogP contribution is 2.41. The Balaban J connectivity index is 1.60. The number of ketones is 1. The average molecular weight is 380 g/mol. The van der Waals surface area contributed by atoms with Crippen LogP contribution in [-0.2, 0) is 12.0 Å². The zero-order valence-electron chi connectivity index (χ0n) is 16.1. The maximum absolute atomic E-state index is 13.6. The number of anilines is 1. The van der Waals surface area contributed by atoms with E-state index in [9.17, 15) is 4.79 Å².